The van der Waals surface area contributed by atoms with Crippen molar-refractivity contribution < 1.29 is 18.3 Å². The van der Waals surface area contributed by atoms with Crippen molar-refractivity contribution in [2.24, 2.45) is 11.8 Å². The van der Waals surface area contributed by atoms with Gasteiger partial charge in [-0.25, -0.2) is 8.42 Å². The second kappa shape index (κ2) is 7.72. The number of sulfone groups is 1. The van der Waals surface area contributed by atoms with Crippen molar-refractivity contribution in [2.45, 2.75) is 38.3 Å². The van der Waals surface area contributed by atoms with E-state index in [-0.39, 0.29) is 17.5 Å². The van der Waals surface area contributed by atoms with Gasteiger partial charge < -0.3 is 15.2 Å². The number of aliphatic hydroxyl groups excluding tert-OH is 1. The van der Waals surface area contributed by atoms with E-state index in [4.69, 9.17) is 4.74 Å². The quantitative estimate of drug-likeness (QED) is 0.678. The number of hydrogen-bond acceptors (Lipinski definition) is 5. The number of rotatable bonds is 7. The molecule has 1 heterocycles. The minimum absolute atomic E-state index is 0.0202. The summed E-state index contributed by atoms with van der Waals surface area (Å²) in [6.07, 6.45) is 6.64. The van der Waals surface area contributed by atoms with Crippen LogP contribution in [0.1, 0.15) is 26.2 Å². The molecule has 0 amide bonds. The van der Waals surface area contributed by atoms with Gasteiger partial charge in [-0.3, -0.25) is 0 Å². The molecule has 122 valence electrons. The maximum absolute atomic E-state index is 11.3. The van der Waals surface area contributed by atoms with Crippen molar-refractivity contribution in [3.05, 3.63) is 12.2 Å². The van der Waals surface area contributed by atoms with Crippen LogP contribution < -0.4 is 5.32 Å². The van der Waals surface area contributed by atoms with Gasteiger partial charge in [0.1, 0.15) is 0 Å². The van der Waals surface area contributed by atoms with Crippen molar-refractivity contribution in [1.82, 2.24) is 5.32 Å². The lowest BCUT2D eigenvalue weighted by Crippen LogP contribution is -2.38. The molecule has 1 aliphatic heterocycles. The van der Waals surface area contributed by atoms with Crippen LogP contribution in [-0.4, -0.2) is 56.9 Å². The van der Waals surface area contributed by atoms with Crippen LogP contribution in [0.5, 0.6) is 0 Å². The summed E-state index contributed by atoms with van der Waals surface area (Å²) in [5.74, 6) is 1.61. The average Bonchev–Trinajstić information content (AvgIpc) is 2.78. The molecule has 4 unspecified atom stereocenters. The van der Waals surface area contributed by atoms with Crippen molar-refractivity contribution in [2.75, 3.05) is 31.3 Å². The molecule has 5 nitrogen and oxygen atoms in total. The Labute approximate surface area is 127 Å². The first-order valence-corrected chi connectivity index (χ1v) is 9.63. The minimum atomic E-state index is -2.86. The van der Waals surface area contributed by atoms with Crippen molar-refractivity contribution in [3.8, 4) is 0 Å². The fraction of sp³-hybridized carbons (Fsp3) is 0.867. The Morgan fingerprint density at radius 1 is 1.38 bits per heavy atom. The maximum Gasteiger partial charge on any atom is 0.151 e. The SMILES string of the molecule is CC1CC=CCC1COCC(O)CNC1CCS(=O)(=O)C1. The molecule has 1 fully saturated rings. The van der Waals surface area contributed by atoms with Crippen molar-refractivity contribution >= 4 is 9.84 Å². The molecule has 21 heavy (non-hydrogen) atoms. The van der Waals surface area contributed by atoms with Gasteiger partial charge in [-0.2, -0.15) is 0 Å². The van der Waals surface area contributed by atoms with Crippen molar-refractivity contribution in [1.29, 1.82) is 0 Å². The van der Waals surface area contributed by atoms with Crippen LogP contribution in [0.4, 0.5) is 0 Å². The molecule has 2 aliphatic rings. The monoisotopic (exact) mass is 317 g/mol. The van der Waals surface area contributed by atoms with Gasteiger partial charge in [0.15, 0.2) is 9.84 Å². The molecule has 0 aromatic rings. The number of nitrogens with one attached hydrogen (secondary N) is 1. The van der Waals surface area contributed by atoms with Crippen LogP contribution in [0.2, 0.25) is 0 Å². The molecular formula is C15H27NO4S. The molecule has 2 rings (SSSR count). The highest BCUT2D eigenvalue weighted by Crippen LogP contribution is 2.24. The van der Waals surface area contributed by atoms with E-state index in [1.807, 2.05) is 0 Å². The summed E-state index contributed by atoms with van der Waals surface area (Å²) in [6.45, 7) is 3.61. The molecule has 0 spiro atoms. The van der Waals surface area contributed by atoms with Crippen LogP contribution in [0, 0.1) is 11.8 Å². The van der Waals surface area contributed by atoms with E-state index in [1.54, 1.807) is 0 Å². The van der Waals surface area contributed by atoms with Gasteiger partial charge in [0.2, 0.25) is 0 Å². The molecule has 6 heteroatoms. The predicted molar refractivity (Wildman–Crippen MR) is 82.9 cm³/mol. The van der Waals surface area contributed by atoms with Gasteiger partial charge in [-0.05, 0) is 31.1 Å². The summed E-state index contributed by atoms with van der Waals surface area (Å²) >= 11 is 0. The predicted octanol–water partition coefficient (Wildman–Crippen LogP) is 0.743. The normalized spacial score (nSPS) is 33.1. The summed E-state index contributed by atoms with van der Waals surface area (Å²) < 4.78 is 28.3. The van der Waals surface area contributed by atoms with E-state index in [1.165, 1.54) is 0 Å². The van der Waals surface area contributed by atoms with Gasteiger partial charge in [0.25, 0.3) is 0 Å². The molecule has 4 atom stereocenters. The third-order valence-electron chi connectivity index (χ3n) is 4.43. The topological polar surface area (TPSA) is 75.6 Å². The average molecular weight is 317 g/mol. The lowest BCUT2D eigenvalue weighted by atomic mass is 9.85. The summed E-state index contributed by atoms with van der Waals surface area (Å²) in [7, 11) is -2.86. The van der Waals surface area contributed by atoms with Gasteiger partial charge >= 0.3 is 0 Å². The third kappa shape index (κ3) is 5.70. The molecule has 1 aliphatic carbocycles. The molecule has 1 saturated heterocycles. The van der Waals surface area contributed by atoms with Gasteiger partial charge in [-0.15, -0.1) is 0 Å². The number of hydrogen-bond donors (Lipinski definition) is 2. The van der Waals surface area contributed by atoms with Gasteiger partial charge in [-0.1, -0.05) is 19.1 Å². The molecule has 0 aromatic carbocycles. The Bertz CT molecular complexity index is 449. The Kier molecular flexibility index (Phi) is 6.22. The molecule has 0 saturated carbocycles. The molecule has 0 radical (unpaired) electrons. The zero-order valence-corrected chi connectivity index (χ0v) is 13.5. The molecule has 0 aromatic heterocycles. The fourth-order valence-corrected chi connectivity index (χ4v) is 4.62. The molecule has 0 bridgehead atoms. The number of aliphatic hydroxyl groups is 1. The van der Waals surface area contributed by atoms with Crippen LogP contribution in [0.25, 0.3) is 0 Å². The Hall–Kier alpha value is -0.430. The minimum Gasteiger partial charge on any atom is -0.389 e. The second-order valence-electron chi connectivity index (χ2n) is 6.38. The highest BCUT2D eigenvalue weighted by Gasteiger charge is 2.27. The fourth-order valence-electron chi connectivity index (χ4n) is 2.91. The first-order chi connectivity index (χ1) is 9.96. The van der Waals surface area contributed by atoms with Crippen LogP contribution >= 0.6 is 0 Å². The smallest absolute Gasteiger partial charge is 0.151 e. The summed E-state index contributed by atoms with van der Waals surface area (Å²) in [4.78, 5) is 0. The molecule has 2 N–H and O–H groups in total. The first-order valence-electron chi connectivity index (χ1n) is 7.81. The van der Waals surface area contributed by atoms with E-state index < -0.39 is 15.9 Å². The van der Waals surface area contributed by atoms with Crippen LogP contribution in [0.15, 0.2) is 12.2 Å². The van der Waals surface area contributed by atoms with Gasteiger partial charge in [0.05, 0.1) is 30.8 Å². The van der Waals surface area contributed by atoms with E-state index in [0.29, 0.717) is 38.0 Å². The number of allylic oxidation sites excluding steroid dienone is 2. The Morgan fingerprint density at radius 2 is 2.14 bits per heavy atom. The first kappa shape index (κ1) is 16.9. The highest BCUT2D eigenvalue weighted by atomic mass is 32.2. The maximum atomic E-state index is 11.3. The Morgan fingerprint density at radius 3 is 2.81 bits per heavy atom. The van der Waals surface area contributed by atoms with Crippen molar-refractivity contribution in [3.63, 3.8) is 0 Å². The standard InChI is InChI=1S/C15H27NO4S/c1-12-4-2-3-5-13(12)9-20-10-15(17)8-16-14-6-7-21(18,19)11-14/h2-3,12-17H,4-11H2,1H3. The second-order valence-corrected chi connectivity index (χ2v) is 8.61. The summed E-state index contributed by atoms with van der Waals surface area (Å²) in [5.41, 5.74) is 0. The van der Waals surface area contributed by atoms with E-state index in [9.17, 15) is 13.5 Å². The largest absolute Gasteiger partial charge is 0.389 e. The lowest BCUT2D eigenvalue weighted by molar-refractivity contribution is 0.0121. The lowest BCUT2D eigenvalue weighted by Gasteiger charge is -2.25. The summed E-state index contributed by atoms with van der Waals surface area (Å²) in [5, 5.41) is 13.0. The Balaban J connectivity index is 1.57. The van der Waals surface area contributed by atoms with Gasteiger partial charge in [0, 0.05) is 12.6 Å². The highest BCUT2D eigenvalue weighted by molar-refractivity contribution is 7.91. The van der Waals surface area contributed by atoms with E-state index >= 15 is 0 Å². The zero-order chi connectivity index (χ0) is 15.3. The number of ether oxygens (including phenoxy) is 1. The van der Waals surface area contributed by atoms with Crippen LogP contribution in [0.3, 0.4) is 0 Å². The third-order valence-corrected chi connectivity index (χ3v) is 6.20. The van der Waals surface area contributed by atoms with Crippen LogP contribution in [-0.2, 0) is 14.6 Å². The zero-order valence-electron chi connectivity index (χ0n) is 12.7. The summed E-state index contributed by atoms with van der Waals surface area (Å²) in [6, 6.07) is -0.0202. The molecular weight excluding hydrogens is 290 g/mol. The van der Waals surface area contributed by atoms with E-state index in [2.05, 4.69) is 24.4 Å². The van der Waals surface area contributed by atoms with E-state index in [0.717, 1.165) is 12.8 Å².